The minimum absolute atomic E-state index is 0.133. The summed E-state index contributed by atoms with van der Waals surface area (Å²) in [6, 6.07) is 1.90. The van der Waals surface area contributed by atoms with E-state index < -0.39 is 0 Å². The van der Waals surface area contributed by atoms with Crippen LogP contribution in [-0.2, 0) is 16.1 Å². The van der Waals surface area contributed by atoms with Gasteiger partial charge in [0.15, 0.2) is 0 Å². The van der Waals surface area contributed by atoms with Gasteiger partial charge in [0.25, 0.3) is 0 Å². The number of amides is 2. The van der Waals surface area contributed by atoms with Gasteiger partial charge in [-0.2, -0.15) is 5.10 Å². The number of carbonyl (C=O) groups is 2. The fourth-order valence-corrected chi connectivity index (χ4v) is 3.57. The van der Waals surface area contributed by atoms with Crippen LogP contribution in [0.25, 0.3) is 0 Å². The van der Waals surface area contributed by atoms with E-state index in [0.29, 0.717) is 19.6 Å². The first-order chi connectivity index (χ1) is 11.2. The highest BCUT2D eigenvalue weighted by molar-refractivity contribution is 5.94. The van der Waals surface area contributed by atoms with Crippen molar-refractivity contribution in [1.82, 2.24) is 15.1 Å². The van der Waals surface area contributed by atoms with Crippen molar-refractivity contribution in [1.29, 1.82) is 0 Å². The second-order valence-electron chi connectivity index (χ2n) is 6.47. The quantitative estimate of drug-likeness (QED) is 0.860. The summed E-state index contributed by atoms with van der Waals surface area (Å²) < 4.78 is 1.87. The second kappa shape index (κ2) is 6.98. The lowest BCUT2D eigenvalue weighted by Crippen LogP contribution is -2.48. The van der Waals surface area contributed by atoms with Gasteiger partial charge in [-0.05, 0) is 18.9 Å². The monoisotopic (exact) mass is 316 g/mol. The minimum Gasteiger partial charge on any atom is -0.352 e. The number of carbonyl (C=O) groups excluding carboxylic acids is 2. The molecule has 1 atom stereocenters. The molecule has 1 aromatic heterocycles. The first kappa shape index (κ1) is 15.8. The topological polar surface area (TPSA) is 67.2 Å². The number of nitrogens with one attached hydrogen (secondary N) is 1. The molecule has 6 nitrogen and oxygen atoms in total. The molecule has 1 unspecified atom stereocenters. The Balaban J connectivity index is 1.72. The van der Waals surface area contributed by atoms with Crippen LogP contribution in [0.4, 0.5) is 5.82 Å². The molecule has 1 fully saturated rings. The lowest BCUT2D eigenvalue weighted by atomic mass is 9.88. The largest absolute Gasteiger partial charge is 0.352 e. The number of aromatic nitrogens is 2. The van der Waals surface area contributed by atoms with Crippen molar-refractivity contribution in [2.45, 2.75) is 38.6 Å². The van der Waals surface area contributed by atoms with Gasteiger partial charge < -0.3 is 5.32 Å². The van der Waals surface area contributed by atoms with Crippen molar-refractivity contribution in [3.8, 4) is 0 Å². The molecule has 0 bridgehead atoms. The molecule has 0 aromatic carbocycles. The number of fused-ring (bicyclic) bond motifs is 1. The molecule has 1 aliphatic carbocycles. The van der Waals surface area contributed by atoms with Gasteiger partial charge in [-0.15, -0.1) is 0 Å². The molecule has 0 spiro atoms. The predicted molar refractivity (Wildman–Crippen MR) is 87.9 cm³/mol. The van der Waals surface area contributed by atoms with Crippen LogP contribution in [-0.4, -0.2) is 34.7 Å². The molecular formula is C17H24N4O2. The maximum Gasteiger partial charge on any atom is 0.243 e. The Hall–Kier alpha value is -2.11. The Morgan fingerprint density at radius 3 is 2.83 bits per heavy atom. The number of rotatable bonds is 4. The summed E-state index contributed by atoms with van der Waals surface area (Å²) in [4.78, 5) is 26.2. The van der Waals surface area contributed by atoms with Crippen molar-refractivity contribution in [2.75, 3.05) is 18.0 Å². The number of hydrogen-bond acceptors (Lipinski definition) is 3. The van der Waals surface area contributed by atoms with Crippen LogP contribution in [0.2, 0.25) is 0 Å². The van der Waals surface area contributed by atoms with Crippen LogP contribution in [0.15, 0.2) is 24.9 Å². The Morgan fingerprint density at radius 1 is 1.30 bits per heavy atom. The molecule has 0 saturated heterocycles. The van der Waals surface area contributed by atoms with Crippen LogP contribution < -0.4 is 10.2 Å². The Bertz CT molecular complexity index is 589. The van der Waals surface area contributed by atoms with Gasteiger partial charge in [0.2, 0.25) is 11.8 Å². The highest BCUT2D eigenvalue weighted by Gasteiger charge is 2.33. The molecular weight excluding hydrogens is 292 g/mol. The lowest BCUT2D eigenvalue weighted by Gasteiger charge is -2.36. The lowest BCUT2D eigenvalue weighted by molar-refractivity contribution is -0.123. The van der Waals surface area contributed by atoms with Gasteiger partial charge in [0, 0.05) is 37.5 Å². The van der Waals surface area contributed by atoms with Gasteiger partial charge >= 0.3 is 0 Å². The number of nitrogens with zero attached hydrogens (tertiary/aromatic N) is 3. The highest BCUT2D eigenvalue weighted by Crippen LogP contribution is 2.30. The molecule has 124 valence electrons. The van der Waals surface area contributed by atoms with E-state index >= 15 is 0 Å². The molecule has 23 heavy (non-hydrogen) atoms. The van der Waals surface area contributed by atoms with Gasteiger partial charge in [-0.1, -0.05) is 25.8 Å². The second-order valence-corrected chi connectivity index (χ2v) is 6.47. The molecule has 2 amide bonds. The van der Waals surface area contributed by atoms with E-state index in [1.807, 2.05) is 15.6 Å². The van der Waals surface area contributed by atoms with Gasteiger partial charge in [0.05, 0.1) is 6.20 Å². The third-order valence-corrected chi connectivity index (χ3v) is 4.81. The fourth-order valence-electron chi connectivity index (χ4n) is 3.57. The van der Waals surface area contributed by atoms with E-state index in [1.54, 1.807) is 6.20 Å². The highest BCUT2D eigenvalue weighted by atomic mass is 16.2. The molecule has 1 aromatic rings. The summed E-state index contributed by atoms with van der Waals surface area (Å²) >= 11 is 0. The maximum absolute atomic E-state index is 12.9. The average molecular weight is 316 g/mol. The molecule has 1 aliphatic heterocycles. The summed E-state index contributed by atoms with van der Waals surface area (Å²) in [6.07, 6.45) is 8.50. The van der Waals surface area contributed by atoms with Gasteiger partial charge in [-0.3, -0.25) is 14.5 Å². The first-order valence-corrected chi connectivity index (χ1v) is 8.42. The van der Waals surface area contributed by atoms with Crippen molar-refractivity contribution in [3.63, 3.8) is 0 Å². The van der Waals surface area contributed by atoms with Gasteiger partial charge in [-0.25, -0.2) is 4.68 Å². The summed E-state index contributed by atoms with van der Waals surface area (Å²) in [7, 11) is 0. The zero-order valence-electron chi connectivity index (χ0n) is 13.4. The standard InChI is InChI=1S/C17H24N4O2/c1-2-15(22)18-10-13-11-20(16-8-9-19-21(16)12-13)17(23)14-6-4-3-5-7-14/h2,8-9,13-14H,1,3-7,10-12H2,(H,18,22). The van der Waals surface area contributed by atoms with Crippen LogP contribution in [0.5, 0.6) is 0 Å². The van der Waals surface area contributed by atoms with E-state index in [4.69, 9.17) is 0 Å². The van der Waals surface area contributed by atoms with Crippen LogP contribution in [0.3, 0.4) is 0 Å². The first-order valence-electron chi connectivity index (χ1n) is 8.42. The van der Waals surface area contributed by atoms with Crippen LogP contribution in [0.1, 0.15) is 32.1 Å². The zero-order chi connectivity index (χ0) is 16.2. The molecule has 6 heteroatoms. The fraction of sp³-hybridized carbons (Fsp3) is 0.588. The Labute approximate surface area is 136 Å². The summed E-state index contributed by atoms with van der Waals surface area (Å²) in [6.45, 7) is 5.34. The Morgan fingerprint density at radius 2 is 2.09 bits per heavy atom. The molecule has 1 N–H and O–H groups in total. The Kier molecular flexibility index (Phi) is 4.79. The molecule has 3 rings (SSSR count). The summed E-state index contributed by atoms with van der Waals surface area (Å²) in [5.41, 5.74) is 0. The van der Waals surface area contributed by atoms with E-state index in [-0.39, 0.29) is 23.7 Å². The number of anilines is 1. The zero-order valence-corrected chi connectivity index (χ0v) is 13.4. The van der Waals surface area contributed by atoms with Gasteiger partial charge in [0.1, 0.15) is 5.82 Å². The van der Waals surface area contributed by atoms with Crippen LogP contribution in [0, 0.1) is 11.8 Å². The minimum atomic E-state index is -0.179. The third-order valence-electron chi connectivity index (χ3n) is 4.81. The molecule has 2 heterocycles. The predicted octanol–water partition coefficient (Wildman–Crippen LogP) is 1.73. The van der Waals surface area contributed by atoms with Crippen molar-refractivity contribution in [2.24, 2.45) is 11.8 Å². The average Bonchev–Trinajstić information content (AvgIpc) is 3.07. The molecule has 1 saturated carbocycles. The SMILES string of the molecule is C=CC(=O)NCC1CN(C(=O)C2CCCCC2)c2ccnn2C1. The van der Waals surface area contributed by atoms with Crippen molar-refractivity contribution < 1.29 is 9.59 Å². The van der Waals surface area contributed by atoms with Crippen molar-refractivity contribution >= 4 is 17.6 Å². The molecule has 2 aliphatic rings. The summed E-state index contributed by atoms with van der Waals surface area (Å²) in [5.74, 6) is 1.21. The maximum atomic E-state index is 12.9. The van der Waals surface area contributed by atoms with E-state index in [0.717, 1.165) is 31.5 Å². The summed E-state index contributed by atoms with van der Waals surface area (Å²) in [5, 5.41) is 7.15. The normalized spacial score (nSPS) is 21.6. The van der Waals surface area contributed by atoms with E-state index in [2.05, 4.69) is 17.0 Å². The molecule has 0 radical (unpaired) electrons. The number of hydrogen-bond donors (Lipinski definition) is 1. The van der Waals surface area contributed by atoms with Crippen LogP contribution >= 0.6 is 0 Å². The van der Waals surface area contributed by atoms with Crippen molar-refractivity contribution in [3.05, 3.63) is 24.9 Å². The third kappa shape index (κ3) is 3.46. The smallest absolute Gasteiger partial charge is 0.243 e. The van der Waals surface area contributed by atoms with E-state index in [1.165, 1.54) is 12.5 Å². The van der Waals surface area contributed by atoms with E-state index in [9.17, 15) is 9.59 Å².